The molecule has 0 fully saturated rings. The molecule has 2 aliphatic rings. The molecule has 0 saturated heterocycles. The van der Waals surface area contributed by atoms with Crippen molar-refractivity contribution in [3.63, 3.8) is 0 Å². The number of para-hydroxylation sites is 1. The van der Waals surface area contributed by atoms with Crippen molar-refractivity contribution in [3.8, 4) is 0 Å². The zero-order valence-corrected chi connectivity index (χ0v) is 18.1. The Morgan fingerprint density at radius 1 is 1.30 bits per heavy atom. The van der Waals surface area contributed by atoms with E-state index in [-0.39, 0.29) is 18.2 Å². The molecule has 30 heavy (non-hydrogen) atoms. The number of carbonyl (C=O) groups is 2. The van der Waals surface area contributed by atoms with Gasteiger partial charge in [-0.1, -0.05) is 18.2 Å². The van der Waals surface area contributed by atoms with Gasteiger partial charge in [0.15, 0.2) is 0 Å². The number of carbonyl (C=O) groups excluding carboxylic acids is 2. The minimum Gasteiger partial charge on any atom is -0.450 e. The van der Waals surface area contributed by atoms with Crippen LogP contribution in [0.4, 0.5) is 9.80 Å². The van der Waals surface area contributed by atoms with Crippen LogP contribution in [-0.4, -0.2) is 34.6 Å². The summed E-state index contributed by atoms with van der Waals surface area (Å²) in [6.07, 6.45) is 0.0705. The van der Waals surface area contributed by atoms with E-state index >= 15 is 0 Å². The predicted octanol–water partition coefficient (Wildman–Crippen LogP) is 3.92. The van der Waals surface area contributed by atoms with Gasteiger partial charge in [-0.3, -0.25) is 4.79 Å². The van der Waals surface area contributed by atoms with Gasteiger partial charge in [0.1, 0.15) is 11.2 Å². The maximum absolute atomic E-state index is 13.1. The molecule has 3 aromatic rings. The molecule has 2 amide bonds. The van der Waals surface area contributed by atoms with Crippen LogP contribution >= 0.6 is 11.3 Å². The molecule has 5 rings (SSSR count). The Kier molecular flexibility index (Phi) is 4.47. The van der Waals surface area contributed by atoms with Crippen LogP contribution in [0.15, 0.2) is 24.3 Å². The molecular formula is C22H24N4O3S. The highest BCUT2D eigenvalue weighted by atomic mass is 32.1. The first-order valence-corrected chi connectivity index (χ1v) is 11.0. The van der Waals surface area contributed by atoms with Crippen molar-refractivity contribution in [2.45, 2.75) is 33.0 Å². The molecule has 0 aliphatic carbocycles. The Morgan fingerprint density at radius 2 is 2.10 bits per heavy atom. The number of benzene rings is 1. The number of hydrogen-bond donors (Lipinski definition) is 2. The van der Waals surface area contributed by atoms with Gasteiger partial charge in [0, 0.05) is 40.6 Å². The number of nitrogens with zero attached hydrogens (tertiary/aromatic N) is 2. The summed E-state index contributed by atoms with van der Waals surface area (Å²) >= 11 is 1.57. The van der Waals surface area contributed by atoms with Crippen molar-refractivity contribution in [3.05, 3.63) is 51.5 Å². The van der Waals surface area contributed by atoms with Crippen molar-refractivity contribution in [2.24, 2.45) is 7.05 Å². The molecule has 0 spiro atoms. The standard InChI is InChI=1S/C22H24N4O3S/c1-4-29-22(28)26-10-9-14-16(11-26)30-21-18(14)20(27)23-19(24-21)17-12(2)25(3)15-8-6-5-7-13(15)17/h5-8,19,24H,4,9-11H2,1-3H3,(H,23,27)/t19-/m1/s1. The number of fused-ring (bicyclic) bond motifs is 4. The van der Waals surface area contributed by atoms with E-state index in [2.05, 4.69) is 34.3 Å². The molecular weight excluding hydrogens is 400 g/mol. The number of hydrogen-bond acceptors (Lipinski definition) is 5. The molecule has 0 bridgehead atoms. The first-order valence-electron chi connectivity index (χ1n) is 10.2. The number of thiophene rings is 1. The third-order valence-corrected chi connectivity index (χ3v) is 7.25. The molecule has 7 nitrogen and oxygen atoms in total. The van der Waals surface area contributed by atoms with Gasteiger partial charge < -0.3 is 24.8 Å². The SMILES string of the molecule is CCOC(=O)N1CCc2c(sc3c2C(=O)N[C@@H](c2c(C)n(C)c4ccccc24)N3)C1. The Bertz CT molecular complexity index is 1180. The average molecular weight is 425 g/mol. The summed E-state index contributed by atoms with van der Waals surface area (Å²) in [7, 11) is 2.05. The van der Waals surface area contributed by atoms with Crippen molar-refractivity contribution < 1.29 is 14.3 Å². The zero-order valence-electron chi connectivity index (χ0n) is 17.2. The molecule has 0 radical (unpaired) electrons. The normalized spacial score (nSPS) is 17.9. The first kappa shape index (κ1) is 19.0. The fourth-order valence-electron chi connectivity index (χ4n) is 4.55. The molecule has 156 valence electrons. The first-order chi connectivity index (χ1) is 14.5. The van der Waals surface area contributed by atoms with E-state index in [0.717, 1.165) is 43.2 Å². The smallest absolute Gasteiger partial charge is 0.410 e. The van der Waals surface area contributed by atoms with Crippen LogP contribution in [0.3, 0.4) is 0 Å². The third kappa shape index (κ3) is 2.78. The van der Waals surface area contributed by atoms with E-state index in [4.69, 9.17) is 4.74 Å². The number of nitrogens with one attached hydrogen (secondary N) is 2. The topological polar surface area (TPSA) is 75.6 Å². The zero-order chi connectivity index (χ0) is 21.0. The van der Waals surface area contributed by atoms with Gasteiger partial charge in [0.05, 0.1) is 18.7 Å². The Balaban J connectivity index is 1.50. The highest BCUT2D eigenvalue weighted by Crippen LogP contribution is 2.42. The summed E-state index contributed by atoms with van der Waals surface area (Å²) in [5, 5.41) is 8.73. The Hall–Kier alpha value is -3.00. The van der Waals surface area contributed by atoms with Crippen LogP contribution < -0.4 is 10.6 Å². The van der Waals surface area contributed by atoms with E-state index in [0.29, 0.717) is 26.1 Å². The van der Waals surface area contributed by atoms with Crippen molar-refractivity contribution in [1.29, 1.82) is 0 Å². The van der Waals surface area contributed by atoms with Crippen LogP contribution in [-0.2, 0) is 24.8 Å². The molecule has 1 aromatic carbocycles. The molecule has 0 unspecified atom stereocenters. The third-order valence-electron chi connectivity index (χ3n) is 6.10. The lowest BCUT2D eigenvalue weighted by atomic mass is 10.00. The second kappa shape index (κ2) is 7.05. The molecule has 2 N–H and O–H groups in total. The van der Waals surface area contributed by atoms with E-state index < -0.39 is 0 Å². The maximum Gasteiger partial charge on any atom is 0.410 e. The van der Waals surface area contributed by atoms with Crippen molar-refractivity contribution in [1.82, 2.24) is 14.8 Å². The summed E-state index contributed by atoms with van der Waals surface area (Å²) in [6, 6.07) is 8.24. The number of ether oxygens (including phenoxy) is 1. The largest absolute Gasteiger partial charge is 0.450 e. The summed E-state index contributed by atoms with van der Waals surface area (Å²) in [5.41, 5.74) is 5.13. The van der Waals surface area contributed by atoms with Gasteiger partial charge >= 0.3 is 6.09 Å². The maximum atomic E-state index is 13.1. The summed E-state index contributed by atoms with van der Waals surface area (Å²) in [6.45, 7) is 5.29. The van der Waals surface area contributed by atoms with Crippen LogP contribution in [0.25, 0.3) is 10.9 Å². The van der Waals surface area contributed by atoms with Gasteiger partial charge in [-0.25, -0.2) is 4.79 Å². The monoisotopic (exact) mass is 424 g/mol. The highest BCUT2D eigenvalue weighted by molar-refractivity contribution is 7.16. The number of rotatable bonds is 2. The second-order valence-electron chi connectivity index (χ2n) is 7.70. The van der Waals surface area contributed by atoms with Crippen LogP contribution in [0.2, 0.25) is 0 Å². The molecule has 8 heteroatoms. The summed E-state index contributed by atoms with van der Waals surface area (Å²) < 4.78 is 7.30. The average Bonchev–Trinajstić information content (AvgIpc) is 3.23. The molecule has 2 aliphatic heterocycles. The fraction of sp³-hybridized carbons (Fsp3) is 0.364. The molecule has 4 heterocycles. The van der Waals surface area contributed by atoms with Crippen LogP contribution in [0.1, 0.15) is 45.1 Å². The number of anilines is 1. The number of aromatic nitrogens is 1. The van der Waals surface area contributed by atoms with Gasteiger partial charge in [-0.2, -0.15) is 0 Å². The molecule has 1 atom stereocenters. The van der Waals surface area contributed by atoms with Gasteiger partial charge in [-0.15, -0.1) is 11.3 Å². The second-order valence-corrected chi connectivity index (χ2v) is 8.81. The van der Waals surface area contributed by atoms with Crippen molar-refractivity contribution >= 4 is 39.2 Å². The quantitative estimate of drug-likeness (QED) is 0.654. The minimum absolute atomic E-state index is 0.0526. The summed E-state index contributed by atoms with van der Waals surface area (Å²) in [5.74, 6) is -0.0526. The van der Waals surface area contributed by atoms with Crippen LogP contribution in [0, 0.1) is 6.92 Å². The van der Waals surface area contributed by atoms with Gasteiger partial charge in [0.2, 0.25) is 0 Å². The van der Waals surface area contributed by atoms with Gasteiger partial charge in [-0.05, 0) is 31.9 Å². The Morgan fingerprint density at radius 3 is 2.90 bits per heavy atom. The predicted molar refractivity (Wildman–Crippen MR) is 117 cm³/mol. The minimum atomic E-state index is -0.295. The van der Waals surface area contributed by atoms with Crippen LogP contribution in [0.5, 0.6) is 0 Å². The Labute approximate surface area is 178 Å². The number of aryl methyl sites for hydroxylation is 1. The van der Waals surface area contributed by atoms with E-state index in [9.17, 15) is 9.59 Å². The molecule has 2 aromatic heterocycles. The summed E-state index contributed by atoms with van der Waals surface area (Å²) in [4.78, 5) is 28.0. The van der Waals surface area contributed by atoms with E-state index in [1.54, 1.807) is 23.2 Å². The van der Waals surface area contributed by atoms with Gasteiger partial charge in [0.25, 0.3) is 5.91 Å². The van der Waals surface area contributed by atoms with E-state index in [1.807, 2.05) is 19.2 Å². The van der Waals surface area contributed by atoms with Crippen molar-refractivity contribution in [2.75, 3.05) is 18.5 Å². The number of amides is 2. The fourth-order valence-corrected chi connectivity index (χ4v) is 5.83. The lowest BCUT2D eigenvalue weighted by Crippen LogP contribution is -2.39. The highest BCUT2D eigenvalue weighted by Gasteiger charge is 2.35. The van der Waals surface area contributed by atoms with E-state index in [1.165, 1.54) is 0 Å². The lowest BCUT2D eigenvalue weighted by molar-refractivity contribution is 0.0934. The molecule has 0 saturated carbocycles. The lowest BCUT2D eigenvalue weighted by Gasteiger charge is -2.28.